The number of aromatic nitrogens is 4. The van der Waals surface area contributed by atoms with Crippen molar-refractivity contribution < 1.29 is 18.6 Å². The molecule has 1 fully saturated rings. The lowest BCUT2D eigenvalue weighted by Crippen LogP contribution is -2.39. The Balaban J connectivity index is 1.40. The lowest BCUT2D eigenvalue weighted by molar-refractivity contribution is -0.132. The van der Waals surface area contributed by atoms with Crippen LogP contribution < -0.4 is 4.74 Å². The number of carbonyl (C=O) groups excluding carboxylic acids is 1. The minimum absolute atomic E-state index is 0.0975. The molecule has 0 aliphatic carbocycles. The maximum absolute atomic E-state index is 12.7. The van der Waals surface area contributed by atoms with Gasteiger partial charge in [-0.2, -0.15) is 0 Å². The van der Waals surface area contributed by atoms with Gasteiger partial charge in [-0.05, 0) is 36.5 Å². The minimum atomic E-state index is 0.0975. The molecule has 4 rings (SSSR count). The van der Waals surface area contributed by atoms with Gasteiger partial charge in [0.05, 0.1) is 18.5 Å². The van der Waals surface area contributed by atoms with Gasteiger partial charge in [-0.15, -0.1) is 5.10 Å². The third-order valence-electron chi connectivity index (χ3n) is 4.86. The van der Waals surface area contributed by atoms with Crippen LogP contribution in [0.4, 0.5) is 0 Å². The number of hydrogen-bond acceptors (Lipinski definition) is 9. The Morgan fingerprint density at radius 1 is 1.36 bits per heavy atom. The maximum atomic E-state index is 12.7. The zero-order valence-corrected chi connectivity index (χ0v) is 16.6. The Hall–Kier alpha value is -2.75. The molecule has 0 radical (unpaired) electrons. The van der Waals surface area contributed by atoms with E-state index in [2.05, 4.69) is 19.9 Å². The summed E-state index contributed by atoms with van der Waals surface area (Å²) in [5.74, 6) is 1.99. The highest BCUT2D eigenvalue weighted by molar-refractivity contribution is 7.09. The van der Waals surface area contributed by atoms with E-state index in [9.17, 15) is 4.79 Å². The Labute approximate surface area is 165 Å². The van der Waals surface area contributed by atoms with Crippen molar-refractivity contribution in [2.24, 2.45) is 0 Å². The van der Waals surface area contributed by atoms with Gasteiger partial charge in [0.1, 0.15) is 10.6 Å². The van der Waals surface area contributed by atoms with Crippen molar-refractivity contribution in [3.63, 3.8) is 0 Å². The zero-order chi connectivity index (χ0) is 19.5. The van der Waals surface area contributed by atoms with Crippen LogP contribution in [-0.4, -0.2) is 50.9 Å². The molecule has 148 valence electrons. The molecule has 1 saturated heterocycles. The molecule has 1 aliphatic rings. The molecule has 1 unspecified atom stereocenters. The Morgan fingerprint density at radius 3 is 3.00 bits per heavy atom. The number of piperidine rings is 1. The van der Waals surface area contributed by atoms with Crippen molar-refractivity contribution >= 4 is 17.4 Å². The van der Waals surface area contributed by atoms with Crippen LogP contribution in [0.5, 0.6) is 5.88 Å². The van der Waals surface area contributed by atoms with Crippen molar-refractivity contribution in [2.45, 2.75) is 38.5 Å². The maximum Gasteiger partial charge on any atom is 0.254 e. The van der Waals surface area contributed by atoms with Crippen LogP contribution in [0.25, 0.3) is 10.6 Å². The summed E-state index contributed by atoms with van der Waals surface area (Å²) in [6.45, 7) is 3.26. The van der Waals surface area contributed by atoms with Crippen molar-refractivity contribution in [2.75, 3.05) is 20.2 Å². The fourth-order valence-electron chi connectivity index (χ4n) is 3.43. The van der Waals surface area contributed by atoms with Gasteiger partial charge in [-0.25, -0.2) is 0 Å². The van der Waals surface area contributed by atoms with Gasteiger partial charge in [0.25, 0.3) is 5.88 Å². The zero-order valence-electron chi connectivity index (χ0n) is 15.8. The standard InChI is InChI=1S/C18H21N5O4S/c1-11-8-14(27-20-11)18-17(19-22-28-18)12-4-3-7-23(10-12)16(24)6-5-13-9-15(25-2)21-26-13/h8-9,12H,3-7,10H2,1-2H3. The first kappa shape index (κ1) is 18.6. The summed E-state index contributed by atoms with van der Waals surface area (Å²) in [6, 6.07) is 3.59. The Kier molecular flexibility index (Phi) is 5.38. The van der Waals surface area contributed by atoms with Crippen LogP contribution in [0.15, 0.2) is 21.2 Å². The SMILES string of the molecule is COc1cc(CCC(=O)N2CCCC(c3nnsc3-c3cc(C)no3)C2)on1. The van der Waals surface area contributed by atoms with E-state index < -0.39 is 0 Å². The first-order valence-corrected chi connectivity index (χ1v) is 9.94. The summed E-state index contributed by atoms with van der Waals surface area (Å²) in [5.41, 5.74) is 1.71. The summed E-state index contributed by atoms with van der Waals surface area (Å²) in [4.78, 5) is 15.5. The average molecular weight is 403 g/mol. The van der Waals surface area contributed by atoms with Gasteiger partial charge >= 0.3 is 0 Å². The van der Waals surface area contributed by atoms with Crippen molar-refractivity contribution in [1.82, 2.24) is 24.8 Å². The summed E-state index contributed by atoms with van der Waals surface area (Å²) in [7, 11) is 1.53. The fraction of sp³-hybridized carbons (Fsp3) is 0.500. The Morgan fingerprint density at radius 2 is 2.25 bits per heavy atom. The smallest absolute Gasteiger partial charge is 0.254 e. The van der Waals surface area contributed by atoms with E-state index in [1.165, 1.54) is 18.6 Å². The van der Waals surface area contributed by atoms with Crippen LogP contribution in [-0.2, 0) is 11.2 Å². The molecular formula is C18H21N5O4S. The molecule has 10 heteroatoms. The second-order valence-electron chi connectivity index (χ2n) is 6.83. The normalized spacial score (nSPS) is 17.1. The second-order valence-corrected chi connectivity index (χ2v) is 7.59. The van der Waals surface area contributed by atoms with E-state index in [0.717, 1.165) is 35.7 Å². The van der Waals surface area contributed by atoms with Gasteiger partial charge in [0, 0.05) is 44.0 Å². The molecule has 1 amide bonds. The molecule has 0 bridgehead atoms. The predicted octanol–water partition coefficient (Wildman–Crippen LogP) is 2.84. The topological polar surface area (TPSA) is 107 Å². The number of carbonyl (C=O) groups is 1. The number of rotatable bonds is 6. The van der Waals surface area contributed by atoms with Crippen molar-refractivity contribution in [3.05, 3.63) is 29.3 Å². The molecule has 0 spiro atoms. The van der Waals surface area contributed by atoms with Crippen LogP contribution in [0, 0.1) is 6.92 Å². The number of aryl methyl sites for hydroxylation is 2. The quantitative estimate of drug-likeness (QED) is 0.618. The number of amides is 1. The van der Waals surface area contributed by atoms with E-state index in [-0.39, 0.29) is 11.8 Å². The minimum Gasteiger partial charge on any atom is -0.479 e. The monoisotopic (exact) mass is 403 g/mol. The van der Waals surface area contributed by atoms with Gasteiger partial charge in [0.15, 0.2) is 5.76 Å². The van der Waals surface area contributed by atoms with Crippen LogP contribution in [0.3, 0.4) is 0 Å². The highest BCUT2D eigenvalue weighted by Crippen LogP contribution is 2.35. The van der Waals surface area contributed by atoms with Crippen LogP contribution in [0.2, 0.25) is 0 Å². The van der Waals surface area contributed by atoms with E-state index >= 15 is 0 Å². The average Bonchev–Trinajstić information content (AvgIpc) is 3.46. The summed E-state index contributed by atoms with van der Waals surface area (Å²) in [5, 5.41) is 12.0. The molecule has 0 N–H and O–H groups in total. The van der Waals surface area contributed by atoms with Crippen molar-refractivity contribution in [3.8, 4) is 16.5 Å². The summed E-state index contributed by atoms with van der Waals surface area (Å²) in [6.07, 6.45) is 2.76. The van der Waals surface area contributed by atoms with E-state index in [0.29, 0.717) is 36.8 Å². The van der Waals surface area contributed by atoms with Crippen LogP contribution >= 0.6 is 11.5 Å². The van der Waals surface area contributed by atoms with E-state index in [1.807, 2.05) is 17.9 Å². The molecule has 0 saturated carbocycles. The fourth-order valence-corrected chi connectivity index (χ4v) is 4.13. The Bertz CT molecular complexity index is 949. The number of nitrogens with zero attached hydrogens (tertiary/aromatic N) is 5. The number of methoxy groups -OCH3 is 1. The molecular weight excluding hydrogens is 382 g/mol. The molecule has 3 aromatic heterocycles. The third-order valence-corrected chi connectivity index (χ3v) is 5.61. The molecule has 1 atom stereocenters. The number of hydrogen-bond donors (Lipinski definition) is 0. The number of likely N-dealkylation sites (tertiary alicyclic amines) is 1. The van der Waals surface area contributed by atoms with E-state index in [4.69, 9.17) is 13.8 Å². The van der Waals surface area contributed by atoms with Crippen LogP contribution in [0.1, 0.15) is 42.3 Å². The highest BCUT2D eigenvalue weighted by Gasteiger charge is 2.29. The van der Waals surface area contributed by atoms with Gasteiger partial charge in [-0.1, -0.05) is 9.64 Å². The first-order chi connectivity index (χ1) is 13.6. The highest BCUT2D eigenvalue weighted by atomic mass is 32.1. The summed E-state index contributed by atoms with van der Waals surface area (Å²) >= 11 is 1.30. The molecule has 4 heterocycles. The van der Waals surface area contributed by atoms with Gasteiger partial charge in [0.2, 0.25) is 5.91 Å². The van der Waals surface area contributed by atoms with E-state index in [1.54, 1.807) is 6.07 Å². The molecule has 1 aliphatic heterocycles. The first-order valence-electron chi connectivity index (χ1n) is 9.17. The van der Waals surface area contributed by atoms with Crippen molar-refractivity contribution in [1.29, 1.82) is 0 Å². The predicted molar refractivity (Wildman–Crippen MR) is 100 cm³/mol. The molecule has 3 aromatic rings. The third kappa shape index (κ3) is 3.91. The molecule has 28 heavy (non-hydrogen) atoms. The van der Waals surface area contributed by atoms with Gasteiger partial charge < -0.3 is 18.7 Å². The molecule has 9 nitrogen and oxygen atoms in total. The lowest BCUT2D eigenvalue weighted by atomic mass is 9.93. The second kappa shape index (κ2) is 8.09. The number of ether oxygens (including phenoxy) is 1. The van der Waals surface area contributed by atoms with Gasteiger partial charge in [-0.3, -0.25) is 4.79 Å². The largest absolute Gasteiger partial charge is 0.479 e. The molecule has 0 aromatic carbocycles. The summed E-state index contributed by atoms with van der Waals surface area (Å²) < 4.78 is 19.7. The lowest BCUT2D eigenvalue weighted by Gasteiger charge is -2.32.